The number of nitrogens with one attached hydrogen (secondary N) is 2. The van der Waals surface area contributed by atoms with E-state index in [1.54, 1.807) is 20.8 Å². The lowest BCUT2D eigenvalue weighted by Crippen LogP contribution is -2.40. The molecule has 142 valence electrons. The SMILES string of the molecule is CC(C)(C)NS(=O)(=O)c1cccc(NS(=O)(=O)c2cc(F)ccc2F)c1. The highest BCUT2D eigenvalue weighted by atomic mass is 32.2. The van der Waals surface area contributed by atoms with Gasteiger partial charge in [0.2, 0.25) is 10.0 Å². The smallest absolute Gasteiger partial charge is 0.264 e. The van der Waals surface area contributed by atoms with Gasteiger partial charge in [0, 0.05) is 5.54 Å². The van der Waals surface area contributed by atoms with Gasteiger partial charge in [0.05, 0.1) is 10.6 Å². The van der Waals surface area contributed by atoms with E-state index in [1.807, 2.05) is 0 Å². The molecule has 0 fully saturated rings. The number of hydrogen-bond acceptors (Lipinski definition) is 4. The van der Waals surface area contributed by atoms with E-state index in [4.69, 9.17) is 0 Å². The Bertz CT molecular complexity index is 1030. The van der Waals surface area contributed by atoms with Crippen molar-refractivity contribution in [3.8, 4) is 0 Å². The fourth-order valence-corrected chi connectivity index (χ4v) is 4.69. The normalized spacial score (nSPS) is 12.8. The molecule has 0 unspecified atom stereocenters. The summed E-state index contributed by atoms with van der Waals surface area (Å²) in [5.41, 5.74) is -0.843. The average Bonchev–Trinajstić information content (AvgIpc) is 2.47. The standard InChI is InChI=1S/C16H18F2N2O4S2/c1-16(2,3)20-25(21,22)13-6-4-5-12(10-13)19-26(23,24)15-9-11(17)7-8-14(15)18/h4-10,19-20H,1-3H3. The zero-order chi connectivity index (χ0) is 19.8. The summed E-state index contributed by atoms with van der Waals surface area (Å²) in [5, 5.41) is 0. The molecule has 0 saturated carbocycles. The van der Waals surface area contributed by atoms with Crippen LogP contribution in [0.1, 0.15) is 20.8 Å². The summed E-state index contributed by atoms with van der Waals surface area (Å²) in [7, 11) is -8.34. The minimum absolute atomic E-state index is 0.106. The molecule has 0 heterocycles. The van der Waals surface area contributed by atoms with E-state index in [-0.39, 0.29) is 10.6 Å². The third-order valence-electron chi connectivity index (χ3n) is 3.02. The molecule has 6 nitrogen and oxygen atoms in total. The maximum Gasteiger partial charge on any atom is 0.264 e. The van der Waals surface area contributed by atoms with Crippen molar-refractivity contribution in [2.24, 2.45) is 0 Å². The van der Waals surface area contributed by atoms with Gasteiger partial charge in [-0.15, -0.1) is 0 Å². The molecular formula is C16H18F2N2O4S2. The van der Waals surface area contributed by atoms with E-state index in [0.717, 1.165) is 12.1 Å². The lowest BCUT2D eigenvalue weighted by Gasteiger charge is -2.20. The monoisotopic (exact) mass is 404 g/mol. The molecule has 2 rings (SSSR count). The quantitative estimate of drug-likeness (QED) is 0.802. The molecule has 0 spiro atoms. The van der Waals surface area contributed by atoms with Crippen LogP contribution in [-0.4, -0.2) is 22.4 Å². The van der Waals surface area contributed by atoms with E-state index in [0.29, 0.717) is 12.1 Å². The zero-order valence-electron chi connectivity index (χ0n) is 14.2. The highest BCUT2D eigenvalue weighted by Crippen LogP contribution is 2.22. The number of anilines is 1. The van der Waals surface area contributed by atoms with Crippen molar-refractivity contribution in [2.75, 3.05) is 4.72 Å². The first-order valence-corrected chi connectivity index (χ1v) is 10.4. The molecule has 0 atom stereocenters. The van der Waals surface area contributed by atoms with Crippen molar-refractivity contribution in [3.63, 3.8) is 0 Å². The maximum absolute atomic E-state index is 13.7. The number of halogens is 2. The third kappa shape index (κ3) is 4.99. The van der Waals surface area contributed by atoms with Gasteiger partial charge in [0.25, 0.3) is 10.0 Å². The number of rotatable bonds is 5. The van der Waals surface area contributed by atoms with Gasteiger partial charge in [0.15, 0.2) is 0 Å². The summed E-state index contributed by atoms with van der Waals surface area (Å²) in [6, 6.07) is 7.02. The van der Waals surface area contributed by atoms with Crippen LogP contribution in [0.25, 0.3) is 0 Å². The van der Waals surface area contributed by atoms with Crippen LogP contribution in [0.2, 0.25) is 0 Å². The van der Waals surface area contributed by atoms with E-state index in [2.05, 4.69) is 9.44 Å². The molecule has 0 aliphatic heterocycles. The number of sulfonamides is 2. The Kier molecular flexibility index (Phi) is 5.41. The predicted octanol–water partition coefficient (Wildman–Crippen LogP) is 2.84. The van der Waals surface area contributed by atoms with Crippen molar-refractivity contribution < 1.29 is 25.6 Å². The van der Waals surface area contributed by atoms with Gasteiger partial charge in [-0.3, -0.25) is 4.72 Å². The van der Waals surface area contributed by atoms with E-state index in [9.17, 15) is 25.6 Å². The largest absolute Gasteiger partial charge is 0.279 e. The van der Waals surface area contributed by atoms with Crippen molar-refractivity contribution >= 4 is 25.7 Å². The molecule has 2 aromatic rings. The second-order valence-electron chi connectivity index (χ2n) is 6.56. The van der Waals surface area contributed by atoms with Gasteiger partial charge >= 0.3 is 0 Å². The minimum Gasteiger partial charge on any atom is -0.279 e. The topological polar surface area (TPSA) is 92.3 Å². The zero-order valence-corrected chi connectivity index (χ0v) is 15.9. The molecule has 0 aliphatic carbocycles. The fraction of sp³-hybridized carbons (Fsp3) is 0.250. The molecule has 0 aromatic heterocycles. The summed E-state index contributed by atoms with van der Waals surface area (Å²) < 4.78 is 80.7. The Morgan fingerprint density at radius 3 is 2.15 bits per heavy atom. The Hall–Kier alpha value is -2.04. The first-order chi connectivity index (χ1) is 11.8. The highest BCUT2D eigenvalue weighted by Gasteiger charge is 2.24. The van der Waals surface area contributed by atoms with Crippen molar-refractivity contribution in [2.45, 2.75) is 36.1 Å². The molecule has 0 amide bonds. The Morgan fingerprint density at radius 1 is 0.885 bits per heavy atom. The first kappa shape index (κ1) is 20.3. The molecule has 0 saturated heterocycles. The Labute approximate surface area is 151 Å². The fourth-order valence-electron chi connectivity index (χ4n) is 2.08. The Balaban J connectivity index is 2.38. The van der Waals surface area contributed by atoms with Gasteiger partial charge in [-0.2, -0.15) is 0 Å². The molecule has 0 aliphatic rings. The van der Waals surface area contributed by atoms with Gasteiger partial charge in [-0.05, 0) is 57.2 Å². The van der Waals surface area contributed by atoms with E-state index in [1.165, 1.54) is 18.2 Å². The summed E-state index contributed by atoms with van der Waals surface area (Å²) in [6.45, 7) is 4.97. The van der Waals surface area contributed by atoms with Crippen molar-refractivity contribution in [1.82, 2.24) is 4.72 Å². The second-order valence-corrected chi connectivity index (χ2v) is 9.90. The summed E-state index contributed by atoms with van der Waals surface area (Å²) >= 11 is 0. The lowest BCUT2D eigenvalue weighted by atomic mass is 10.1. The van der Waals surface area contributed by atoms with Crippen LogP contribution >= 0.6 is 0 Å². The van der Waals surface area contributed by atoms with Crippen LogP contribution in [0.3, 0.4) is 0 Å². The highest BCUT2D eigenvalue weighted by molar-refractivity contribution is 7.92. The first-order valence-electron chi connectivity index (χ1n) is 7.42. The average molecular weight is 404 g/mol. The van der Waals surface area contributed by atoms with Gasteiger partial charge in [0.1, 0.15) is 16.5 Å². The van der Waals surface area contributed by atoms with Crippen LogP contribution in [-0.2, 0) is 20.0 Å². The van der Waals surface area contributed by atoms with Gasteiger partial charge in [-0.1, -0.05) is 6.07 Å². The molecule has 10 heteroatoms. The van der Waals surface area contributed by atoms with Crippen molar-refractivity contribution in [1.29, 1.82) is 0 Å². The lowest BCUT2D eigenvalue weighted by molar-refractivity contribution is 0.491. The predicted molar refractivity (Wildman–Crippen MR) is 93.7 cm³/mol. The third-order valence-corrected chi connectivity index (χ3v) is 6.17. The van der Waals surface area contributed by atoms with E-state index >= 15 is 0 Å². The van der Waals surface area contributed by atoms with Crippen LogP contribution < -0.4 is 9.44 Å². The molecular weight excluding hydrogens is 386 g/mol. The van der Waals surface area contributed by atoms with Crippen molar-refractivity contribution in [3.05, 3.63) is 54.1 Å². The van der Waals surface area contributed by atoms with E-state index < -0.39 is 42.1 Å². The molecule has 0 bridgehead atoms. The summed E-state index contributed by atoms with van der Waals surface area (Å²) in [4.78, 5) is -1.05. The minimum atomic E-state index is -4.44. The van der Waals surface area contributed by atoms with Crippen LogP contribution in [0.15, 0.2) is 52.3 Å². The number of benzene rings is 2. The maximum atomic E-state index is 13.7. The second kappa shape index (κ2) is 6.93. The van der Waals surface area contributed by atoms with Crippen LogP contribution in [0.5, 0.6) is 0 Å². The Morgan fingerprint density at radius 2 is 1.54 bits per heavy atom. The van der Waals surface area contributed by atoms with Gasteiger partial charge < -0.3 is 0 Å². The molecule has 2 aromatic carbocycles. The van der Waals surface area contributed by atoms with Crippen LogP contribution in [0.4, 0.5) is 14.5 Å². The molecule has 0 radical (unpaired) electrons. The number of hydrogen-bond donors (Lipinski definition) is 2. The van der Waals surface area contributed by atoms with Crippen LogP contribution in [0, 0.1) is 11.6 Å². The molecule has 26 heavy (non-hydrogen) atoms. The summed E-state index contributed by atoms with van der Waals surface area (Å²) in [6.07, 6.45) is 0. The van der Waals surface area contributed by atoms with Gasteiger partial charge in [-0.25, -0.2) is 30.3 Å². The molecule has 2 N–H and O–H groups in total. The summed E-state index contributed by atoms with van der Waals surface area (Å²) in [5.74, 6) is -2.05.